The lowest BCUT2D eigenvalue weighted by Crippen LogP contribution is -2.15. The number of rotatable bonds is 6. The van der Waals surface area contributed by atoms with Gasteiger partial charge in [0.25, 0.3) is 10.0 Å². The third kappa shape index (κ3) is 4.32. The van der Waals surface area contributed by atoms with Crippen LogP contribution in [0.15, 0.2) is 45.8 Å². The van der Waals surface area contributed by atoms with Gasteiger partial charge in [0.05, 0.1) is 34.3 Å². The molecule has 0 unspecified atom stereocenters. The highest BCUT2D eigenvalue weighted by Crippen LogP contribution is 2.29. The average molecular weight is 428 g/mol. The lowest BCUT2D eigenvalue weighted by Gasteiger charge is -2.14. The first kappa shape index (κ1) is 19.3. The van der Waals surface area contributed by atoms with Crippen molar-refractivity contribution < 1.29 is 22.7 Å². The number of carbonyl (C=O) groups excluding carboxylic acids is 1. The predicted molar refractivity (Wildman–Crippen MR) is 98.6 cm³/mol. The Morgan fingerprint density at radius 1 is 1.24 bits per heavy atom. The number of anilines is 1. The van der Waals surface area contributed by atoms with E-state index in [4.69, 9.17) is 9.47 Å². The minimum atomic E-state index is -3.83. The first-order valence-electron chi connectivity index (χ1n) is 7.43. The van der Waals surface area contributed by atoms with Crippen LogP contribution < -0.4 is 9.46 Å². The van der Waals surface area contributed by atoms with Crippen molar-refractivity contribution in [3.8, 4) is 5.75 Å². The van der Waals surface area contributed by atoms with Crippen LogP contribution in [0.5, 0.6) is 5.75 Å². The number of methoxy groups -OCH3 is 1. The summed E-state index contributed by atoms with van der Waals surface area (Å²) in [4.78, 5) is 12.0. The molecule has 0 saturated heterocycles. The molecule has 0 aliphatic rings. The zero-order valence-corrected chi connectivity index (χ0v) is 16.4. The molecule has 0 atom stereocenters. The van der Waals surface area contributed by atoms with Gasteiger partial charge < -0.3 is 9.47 Å². The molecule has 0 aliphatic heterocycles. The highest BCUT2D eigenvalue weighted by molar-refractivity contribution is 9.10. The van der Waals surface area contributed by atoms with Crippen molar-refractivity contribution in [2.45, 2.75) is 18.7 Å². The highest BCUT2D eigenvalue weighted by atomic mass is 79.9. The van der Waals surface area contributed by atoms with E-state index in [0.29, 0.717) is 27.0 Å². The maximum absolute atomic E-state index is 12.6. The van der Waals surface area contributed by atoms with Gasteiger partial charge in [0.2, 0.25) is 0 Å². The Labute approximate surface area is 155 Å². The minimum Gasteiger partial charge on any atom is -0.496 e. The average Bonchev–Trinajstić information content (AvgIpc) is 2.56. The molecule has 0 amide bonds. The van der Waals surface area contributed by atoms with Gasteiger partial charge >= 0.3 is 5.97 Å². The maximum atomic E-state index is 12.6. The number of sulfonamides is 1. The summed E-state index contributed by atoms with van der Waals surface area (Å²) in [7, 11) is -2.33. The Balaban J connectivity index is 2.37. The first-order valence-corrected chi connectivity index (χ1v) is 9.71. The van der Waals surface area contributed by atoms with Crippen LogP contribution in [0.25, 0.3) is 0 Å². The number of carbonyl (C=O) groups is 1. The molecule has 0 spiro atoms. The summed E-state index contributed by atoms with van der Waals surface area (Å²) in [6.45, 7) is 3.61. The number of hydrogen-bond donors (Lipinski definition) is 1. The van der Waals surface area contributed by atoms with Crippen LogP contribution in [0.2, 0.25) is 0 Å². The zero-order valence-electron chi connectivity index (χ0n) is 14.0. The lowest BCUT2D eigenvalue weighted by molar-refractivity contribution is 0.0525. The normalized spacial score (nSPS) is 11.0. The zero-order chi connectivity index (χ0) is 18.6. The van der Waals surface area contributed by atoms with Gasteiger partial charge in [0.1, 0.15) is 5.75 Å². The summed E-state index contributed by atoms with van der Waals surface area (Å²) in [5.74, 6) is 0.0349. The molecular formula is C17H18BrNO5S. The third-order valence-corrected chi connectivity index (χ3v) is 5.49. The van der Waals surface area contributed by atoms with Gasteiger partial charge in [-0.1, -0.05) is 6.07 Å². The van der Waals surface area contributed by atoms with E-state index < -0.39 is 16.0 Å². The molecule has 6 nitrogen and oxygen atoms in total. The standard InChI is InChI=1S/C17H18BrNO5S/c1-4-24-17(20)13-6-5-7-15(11(13)2)19-25(21,22)12-8-9-16(23-3)14(18)10-12/h5-10,19H,4H2,1-3H3. The van der Waals surface area contributed by atoms with Crippen molar-refractivity contribution in [3.05, 3.63) is 52.0 Å². The topological polar surface area (TPSA) is 81.7 Å². The number of benzene rings is 2. The van der Waals surface area contributed by atoms with E-state index in [1.54, 1.807) is 38.1 Å². The second kappa shape index (κ2) is 7.88. The van der Waals surface area contributed by atoms with Gasteiger partial charge in [-0.3, -0.25) is 4.72 Å². The summed E-state index contributed by atoms with van der Waals surface area (Å²) >= 11 is 3.27. The Morgan fingerprint density at radius 2 is 1.96 bits per heavy atom. The van der Waals surface area contributed by atoms with Crippen molar-refractivity contribution in [3.63, 3.8) is 0 Å². The van der Waals surface area contributed by atoms with Crippen LogP contribution in [0.4, 0.5) is 5.69 Å². The van der Waals surface area contributed by atoms with Gasteiger partial charge in [0, 0.05) is 0 Å². The van der Waals surface area contributed by atoms with E-state index >= 15 is 0 Å². The smallest absolute Gasteiger partial charge is 0.338 e. The molecular weight excluding hydrogens is 410 g/mol. The lowest BCUT2D eigenvalue weighted by atomic mass is 10.1. The molecule has 1 N–H and O–H groups in total. The SMILES string of the molecule is CCOC(=O)c1cccc(NS(=O)(=O)c2ccc(OC)c(Br)c2)c1C. The number of ether oxygens (including phenoxy) is 2. The van der Waals surface area contributed by atoms with E-state index in [0.717, 1.165) is 0 Å². The molecule has 0 radical (unpaired) electrons. The van der Waals surface area contributed by atoms with Gasteiger partial charge in [-0.25, -0.2) is 13.2 Å². The van der Waals surface area contributed by atoms with Crippen LogP contribution in [0.3, 0.4) is 0 Å². The van der Waals surface area contributed by atoms with Crippen LogP contribution in [0, 0.1) is 6.92 Å². The van der Waals surface area contributed by atoms with E-state index in [-0.39, 0.29) is 11.5 Å². The quantitative estimate of drug-likeness (QED) is 0.709. The molecule has 2 rings (SSSR count). The number of nitrogens with one attached hydrogen (secondary N) is 1. The van der Waals surface area contributed by atoms with E-state index in [1.807, 2.05) is 0 Å². The molecule has 0 bridgehead atoms. The Bertz CT molecular complexity index is 896. The maximum Gasteiger partial charge on any atom is 0.338 e. The first-order chi connectivity index (χ1) is 11.8. The summed E-state index contributed by atoms with van der Waals surface area (Å²) in [6.07, 6.45) is 0. The number of esters is 1. The molecule has 8 heteroatoms. The summed E-state index contributed by atoms with van der Waals surface area (Å²) in [5.41, 5.74) is 1.13. The molecule has 0 fully saturated rings. The molecule has 0 aromatic heterocycles. The largest absolute Gasteiger partial charge is 0.496 e. The van der Waals surface area contributed by atoms with Crippen molar-refractivity contribution in [2.24, 2.45) is 0 Å². The molecule has 2 aromatic carbocycles. The van der Waals surface area contributed by atoms with Crippen LogP contribution in [-0.2, 0) is 14.8 Å². The summed E-state index contributed by atoms with van der Waals surface area (Å²) in [6, 6.07) is 9.23. The van der Waals surface area contributed by atoms with Crippen molar-refractivity contribution in [1.82, 2.24) is 0 Å². The monoisotopic (exact) mass is 427 g/mol. The van der Waals surface area contributed by atoms with Gasteiger partial charge in [-0.15, -0.1) is 0 Å². The van der Waals surface area contributed by atoms with Gasteiger partial charge in [-0.05, 0) is 65.7 Å². The Kier molecular flexibility index (Phi) is 6.07. The number of hydrogen-bond acceptors (Lipinski definition) is 5. The molecule has 0 heterocycles. The van der Waals surface area contributed by atoms with Crippen LogP contribution in [0.1, 0.15) is 22.8 Å². The van der Waals surface area contributed by atoms with Crippen LogP contribution >= 0.6 is 15.9 Å². The predicted octanol–water partition coefficient (Wildman–Crippen LogP) is 3.74. The van der Waals surface area contributed by atoms with Gasteiger partial charge in [0.15, 0.2) is 0 Å². The Morgan fingerprint density at radius 3 is 2.56 bits per heavy atom. The van der Waals surface area contributed by atoms with Gasteiger partial charge in [-0.2, -0.15) is 0 Å². The van der Waals surface area contributed by atoms with E-state index in [1.165, 1.54) is 19.2 Å². The fraction of sp³-hybridized carbons (Fsp3) is 0.235. The molecule has 0 saturated carbocycles. The highest BCUT2D eigenvalue weighted by Gasteiger charge is 2.19. The van der Waals surface area contributed by atoms with Crippen molar-refractivity contribution >= 4 is 37.6 Å². The molecule has 25 heavy (non-hydrogen) atoms. The molecule has 134 valence electrons. The fourth-order valence-electron chi connectivity index (χ4n) is 2.19. The van der Waals surface area contributed by atoms with Crippen molar-refractivity contribution in [1.29, 1.82) is 0 Å². The second-order valence-corrected chi connectivity index (χ2v) is 7.64. The second-order valence-electron chi connectivity index (χ2n) is 5.10. The third-order valence-electron chi connectivity index (χ3n) is 3.51. The fourth-order valence-corrected chi connectivity index (χ4v) is 4.04. The van der Waals surface area contributed by atoms with Crippen LogP contribution in [-0.4, -0.2) is 28.1 Å². The summed E-state index contributed by atoms with van der Waals surface area (Å²) < 4.78 is 38.4. The minimum absolute atomic E-state index is 0.0705. The Hall–Kier alpha value is -2.06. The van der Waals surface area contributed by atoms with E-state index in [9.17, 15) is 13.2 Å². The number of halogens is 1. The molecule has 2 aromatic rings. The summed E-state index contributed by atoms with van der Waals surface area (Å²) in [5, 5.41) is 0. The van der Waals surface area contributed by atoms with E-state index in [2.05, 4.69) is 20.7 Å². The van der Waals surface area contributed by atoms with Crippen molar-refractivity contribution in [2.75, 3.05) is 18.4 Å². The molecule has 0 aliphatic carbocycles.